The summed E-state index contributed by atoms with van der Waals surface area (Å²) in [4.78, 5) is 24.6. The molecule has 1 N–H and O–H groups in total. The summed E-state index contributed by atoms with van der Waals surface area (Å²) in [6, 6.07) is 5.07. The fraction of sp³-hybridized carbons (Fsp3) is 0.385. The Balaban J connectivity index is 2.14. The molecule has 0 radical (unpaired) electrons. The van der Waals surface area contributed by atoms with Gasteiger partial charge in [0.1, 0.15) is 11.4 Å². The molecular weight excluding hydrogens is 330 g/mol. The van der Waals surface area contributed by atoms with Crippen molar-refractivity contribution < 1.29 is 14.7 Å². The van der Waals surface area contributed by atoms with Crippen LogP contribution in [0.3, 0.4) is 0 Å². The molecule has 1 aromatic rings. The molecule has 1 fully saturated rings. The third kappa shape index (κ3) is 3.30. The Bertz CT molecular complexity index is 500. The minimum atomic E-state index is -0.0173. The lowest BCUT2D eigenvalue weighted by atomic mass is 10.1. The van der Waals surface area contributed by atoms with E-state index in [2.05, 4.69) is 15.9 Å². The van der Waals surface area contributed by atoms with Gasteiger partial charge in [-0.2, -0.15) is 0 Å². The van der Waals surface area contributed by atoms with Crippen LogP contribution in [0.2, 0.25) is 0 Å². The molecule has 1 atom stereocenters. The number of para-hydroxylation sites is 1. The van der Waals surface area contributed by atoms with E-state index in [1.54, 1.807) is 23.1 Å². The second-order valence-electron chi connectivity index (χ2n) is 4.48. The normalized spacial score (nSPS) is 18.9. The van der Waals surface area contributed by atoms with E-state index >= 15 is 0 Å². The first-order valence-corrected chi connectivity index (χ1v) is 7.68. The molecule has 102 valence electrons. The molecule has 0 aromatic heterocycles. The zero-order valence-corrected chi connectivity index (χ0v) is 12.8. The monoisotopic (exact) mass is 343 g/mol. The summed E-state index contributed by atoms with van der Waals surface area (Å²) < 4.78 is 0.695. The first-order valence-electron chi connectivity index (χ1n) is 5.90. The van der Waals surface area contributed by atoms with Crippen molar-refractivity contribution >= 4 is 44.4 Å². The van der Waals surface area contributed by atoms with Crippen LogP contribution in [0.15, 0.2) is 22.7 Å². The molecule has 1 heterocycles. The standard InChI is InChI=1S/C13H14BrNO3S/c1-8(16)19-7-9-5-12(18)15(6-9)13-10(14)3-2-4-11(13)17/h2-4,9,17H,5-7H2,1H3. The molecule has 0 aliphatic carbocycles. The lowest BCUT2D eigenvalue weighted by Gasteiger charge is -2.19. The minimum Gasteiger partial charge on any atom is -0.506 e. The number of hydrogen-bond acceptors (Lipinski definition) is 4. The maximum absolute atomic E-state index is 12.0. The number of benzene rings is 1. The van der Waals surface area contributed by atoms with Gasteiger partial charge in [-0.05, 0) is 34.0 Å². The molecule has 19 heavy (non-hydrogen) atoms. The van der Waals surface area contributed by atoms with E-state index in [-0.39, 0.29) is 22.7 Å². The van der Waals surface area contributed by atoms with Gasteiger partial charge in [0.2, 0.25) is 5.91 Å². The molecule has 0 saturated carbocycles. The number of rotatable bonds is 3. The lowest BCUT2D eigenvalue weighted by molar-refractivity contribution is -0.117. The number of hydrogen-bond donors (Lipinski definition) is 1. The Morgan fingerprint density at radius 3 is 2.95 bits per heavy atom. The predicted octanol–water partition coefficient (Wildman–Crippen LogP) is 2.79. The molecule has 1 saturated heterocycles. The predicted molar refractivity (Wildman–Crippen MR) is 79.4 cm³/mol. The molecule has 1 aliphatic heterocycles. The van der Waals surface area contributed by atoms with E-state index in [1.165, 1.54) is 18.7 Å². The highest BCUT2D eigenvalue weighted by atomic mass is 79.9. The Hall–Kier alpha value is -1.01. The number of carbonyl (C=O) groups is 2. The summed E-state index contributed by atoms with van der Waals surface area (Å²) in [5, 5.41) is 9.96. The Morgan fingerprint density at radius 1 is 1.58 bits per heavy atom. The number of amides is 1. The zero-order valence-electron chi connectivity index (χ0n) is 10.4. The van der Waals surface area contributed by atoms with Gasteiger partial charge in [-0.15, -0.1) is 0 Å². The molecule has 1 unspecified atom stereocenters. The largest absolute Gasteiger partial charge is 0.506 e. The third-order valence-electron chi connectivity index (χ3n) is 2.96. The lowest BCUT2D eigenvalue weighted by Crippen LogP contribution is -2.25. The van der Waals surface area contributed by atoms with Gasteiger partial charge < -0.3 is 10.0 Å². The van der Waals surface area contributed by atoms with E-state index < -0.39 is 0 Å². The highest BCUT2D eigenvalue weighted by Crippen LogP contribution is 2.38. The van der Waals surface area contributed by atoms with Crippen molar-refractivity contribution in [3.05, 3.63) is 22.7 Å². The summed E-state index contributed by atoms with van der Waals surface area (Å²) in [5.41, 5.74) is 0.517. The van der Waals surface area contributed by atoms with Crippen LogP contribution in [0.1, 0.15) is 13.3 Å². The van der Waals surface area contributed by atoms with E-state index in [0.29, 0.717) is 28.9 Å². The SMILES string of the molecule is CC(=O)SCC1CC(=O)N(c2c(O)cccc2Br)C1. The number of phenols is 1. The van der Waals surface area contributed by atoms with Crippen molar-refractivity contribution in [3.8, 4) is 5.75 Å². The molecule has 1 amide bonds. The smallest absolute Gasteiger partial charge is 0.227 e. The van der Waals surface area contributed by atoms with Crippen LogP contribution in [0, 0.1) is 5.92 Å². The third-order valence-corrected chi connectivity index (χ3v) is 4.65. The average molecular weight is 344 g/mol. The summed E-state index contributed by atoms with van der Waals surface area (Å²) in [6.07, 6.45) is 0.418. The van der Waals surface area contributed by atoms with Gasteiger partial charge in [0, 0.05) is 30.1 Å². The van der Waals surface area contributed by atoms with E-state index in [1.807, 2.05) is 0 Å². The van der Waals surface area contributed by atoms with Gasteiger partial charge in [-0.3, -0.25) is 9.59 Å². The van der Waals surface area contributed by atoms with Crippen LogP contribution in [0.5, 0.6) is 5.75 Å². The fourth-order valence-corrected chi connectivity index (χ4v) is 3.38. The van der Waals surface area contributed by atoms with Crippen molar-refractivity contribution in [2.24, 2.45) is 5.92 Å². The topological polar surface area (TPSA) is 57.6 Å². The number of nitrogens with zero attached hydrogens (tertiary/aromatic N) is 1. The van der Waals surface area contributed by atoms with Crippen LogP contribution >= 0.6 is 27.7 Å². The van der Waals surface area contributed by atoms with Crippen LogP contribution in [-0.4, -0.2) is 28.4 Å². The highest BCUT2D eigenvalue weighted by Gasteiger charge is 2.33. The van der Waals surface area contributed by atoms with E-state index in [4.69, 9.17) is 0 Å². The quantitative estimate of drug-likeness (QED) is 0.916. The summed E-state index contributed by atoms with van der Waals surface area (Å²) in [7, 11) is 0. The van der Waals surface area contributed by atoms with Gasteiger partial charge >= 0.3 is 0 Å². The second kappa shape index (κ2) is 5.96. The average Bonchev–Trinajstić information content (AvgIpc) is 2.68. The van der Waals surface area contributed by atoms with Gasteiger partial charge in [-0.25, -0.2) is 0 Å². The summed E-state index contributed by atoms with van der Waals surface area (Å²) in [5.74, 6) is 0.856. The molecule has 0 bridgehead atoms. The summed E-state index contributed by atoms with van der Waals surface area (Å²) in [6.45, 7) is 2.06. The van der Waals surface area contributed by atoms with Crippen LogP contribution in [0.25, 0.3) is 0 Å². The Kier molecular flexibility index (Phi) is 4.52. The van der Waals surface area contributed by atoms with E-state index in [0.717, 1.165) is 0 Å². The number of phenolic OH excluding ortho intramolecular Hbond substituents is 1. The van der Waals surface area contributed by atoms with Crippen LogP contribution in [0.4, 0.5) is 5.69 Å². The molecule has 1 aliphatic rings. The molecule has 0 spiro atoms. The maximum Gasteiger partial charge on any atom is 0.227 e. The van der Waals surface area contributed by atoms with Crippen molar-refractivity contribution in [3.63, 3.8) is 0 Å². The number of carbonyl (C=O) groups excluding carboxylic acids is 2. The van der Waals surface area contributed by atoms with Crippen molar-refractivity contribution in [1.82, 2.24) is 0 Å². The molecule has 1 aromatic carbocycles. The second-order valence-corrected chi connectivity index (χ2v) is 6.54. The van der Waals surface area contributed by atoms with Crippen molar-refractivity contribution in [1.29, 1.82) is 0 Å². The van der Waals surface area contributed by atoms with Crippen LogP contribution in [-0.2, 0) is 9.59 Å². The molecule has 4 nitrogen and oxygen atoms in total. The van der Waals surface area contributed by atoms with Gasteiger partial charge in [0.25, 0.3) is 0 Å². The van der Waals surface area contributed by atoms with Gasteiger partial charge in [0.05, 0.1) is 0 Å². The number of anilines is 1. The van der Waals surface area contributed by atoms with E-state index in [9.17, 15) is 14.7 Å². The first-order chi connectivity index (χ1) is 8.99. The van der Waals surface area contributed by atoms with Gasteiger partial charge in [-0.1, -0.05) is 17.8 Å². The fourth-order valence-electron chi connectivity index (χ4n) is 2.12. The highest BCUT2D eigenvalue weighted by molar-refractivity contribution is 9.10. The molecule has 2 rings (SSSR count). The summed E-state index contributed by atoms with van der Waals surface area (Å²) >= 11 is 4.60. The van der Waals surface area contributed by atoms with Crippen LogP contribution < -0.4 is 4.90 Å². The number of halogens is 1. The Labute approximate surface area is 124 Å². The maximum atomic E-state index is 12.0. The minimum absolute atomic E-state index is 0.0173. The molecular formula is C13H14BrNO3S. The van der Waals surface area contributed by atoms with Crippen molar-refractivity contribution in [2.45, 2.75) is 13.3 Å². The zero-order chi connectivity index (χ0) is 14.0. The molecule has 6 heteroatoms. The number of aromatic hydroxyl groups is 1. The van der Waals surface area contributed by atoms with Crippen molar-refractivity contribution in [2.75, 3.05) is 17.2 Å². The Morgan fingerprint density at radius 2 is 2.32 bits per heavy atom. The first kappa shape index (κ1) is 14.4. The van der Waals surface area contributed by atoms with Gasteiger partial charge in [0.15, 0.2) is 5.12 Å². The number of thioether (sulfide) groups is 1.